The molecule has 24 heavy (non-hydrogen) atoms. The number of rotatable bonds is 4. The van der Waals surface area contributed by atoms with Crippen LogP contribution in [0.3, 0.4) is 0 Å². The largest absolute Gasteiger partial charge is 0.389 e. The van der Waals surface area contributed by atoms with Gasteiger partial charge < -0.3 is 15.3 Å². The quantitative estimate of drug-likeness (QED) is 0.888. The van der Waals surface area contributed by atoms with Crippen LogP contribution in [-0.4, -0.2) is 52.2 Å². The standard InChI is InChI=1S/C19H29N3O2/c1-15-17(6-5-11-20-15)18(23)21-16-7-12-22(13-8-16)14-19(24)9-3-2-4-10-19/h5-6,11,16,24H,2-4,7-10,12-14H2,1H3,(H,21,23). The van der Waals surface area contributed by atoms with Crippen LogP contribution in [0.15, 0.2) is 18.3 Å². The highest BCUT2D eigenvalue weighted by Gasteiger charge is 2.32. The molecule has 2 N–H and O–H groups in total. The molecule has 2 fully saturated rings. The van der Waals surface area contributed by atoms with Gasteiger partial charge >= 0.3 is 0 Å². The van der Waals surface area contributed by atoms with Crippen LogP contribution in [0.1, 0.15) is 61.0 Å². The summed E-state index contributed by atoms with van der Waals surface area (Å²) in [5.41, 5.74) is 0.949. The Morgan fingerprint density at radius 2 is 2.04 bits per heavy atom. The van der Waals surface area contributed by atoms with Crippen LogP contribution in [0.4, 0.5) is 0 Å². The lowest BCUT2D eigenvalue weighted by atomic mass is 9.84. The van der Waals surface area contributed by atoms with Crippen LogP contribution < -0.4 is 5.32 Å². The molecule has 1 aromatic rings. The van der Waals surface area contributed by atoms with Gasteiger partial charge in [0.25, 0.3) is 5.91 Å². The Balaban J connectivity index is 1.47. The van der Waals surface area contributed by atoms with Crippen LogP contribution in [-0.2, 0) is 0 Å². The van der Waals surface area contributed by atoms with Gasteiger partial charge in [0.2, 0.25) is 0 Å². The zero-order valence-corrected chi connectivity index (χ0v) is 14.6. The summed E-state index contributed by atoms with van der Waals surface area (Å²) in [5.74, 6) is -0.0232. The average Bonchev–Trinajstić information content (AvgIpc) is 2.57. The molecule has 1 aliphatic carbocycles. The first-order valence-corrected chi connectivity index (χ1v) is 9.23. The summed E-state index contributed by atoms with van der Waals surface area (Å²) < 4.78 is 0. The Morgan fingerprint density at radius 1 is 1.33 bits per heavy atom. The van der Waals surface area contributed by atoms with Gasteiger partial charge in [0, 0.05) is 37.6 Å². The van der Waals surface area contributed by atoms with Crippen molar-refractivity contribution in [1.29, 1.82) is 0 Å². The van der Waals surface area contributed by atoms with Gasteiger partial charge in [-0.1, -0.05) is 19.3 Å². The van der Waals surface area contributed by atoms with Gasteiger partial charge in [-0.05, 0) is 44.7 Å². The summed E-state index contributed by atoms with van der Waals surface area (Å²) in [6.07, 6.45) is 9.02. The number of hydrogen-bond acceptors (Lipinski definition) is 4. The van der Waals surface area contributed by atoms with E-state index in [0.717, 1.165) is 63.9 Å². The number of aryl methyl sites for hydroxylation is 1. The SMILES string of the molecule is Cc1ncccc1C(=O)NC1CCN(CC2(O)CCCCC2)CC1. The van der Waals surface area contributed by atoms with E-state index in [9.17, 15) is 9.90 Å². The number of carbonyl (C=O) groups excluding carboxylic acids is 1. The first kappa shape index (κ1) is 17.4. The molecule has 5 nitrogen and oxygen atoms in total. The van der Waals surface area contributed by atoms with Crippen molar-refractivity contribution in [1.82, 2.24) is 15.2 Å². The lowest BCUT2D eigenvalue weighted by molar-refractivity contribution is -0.0312. The van der Waals surface area contributed by atoms with Gasteiger partial charge in [0.15, 0.2) is 0 Å². The van der Waals surface area contributed by atoms with Gasteiger partial charge in [-0.15, -0.1) is 0 Å². The van der Waals surface area contributed by atoms with E-state index in [2.05, 4.69) is 15.2 Å². The smallest absolute Gasteiger partial charge is 0.253 e. The average molecular weight is 331 g/mol. The fourth-order valence-electron chi connectivity index (χ4n) is 4.01. The Labute approximate surface area is 144 Å². The number of nitrogens with zero attached hydrogens (tertiary/aromatic N) is 2. The Morgan fingerprint density at radius 3 is 2.71 bits per heavy atom. The zero-order valence-electron chi connectivity index (χ0n) is 14.6. The van der Waals surface area contributed by atoms with E-state index in [1.54, 1.807) is 12.3 Å². The van der Waals surface area contributed by atoms with Crippen LogP contribution in [0, 0.1) is 6.92 Å². The summed E-state index contributed by atoms with van der Waals surface area (Å²) >= 11 is 0. The first-order chi connectivity index (χ1) is 11.6. The first-order valence-electron chi connectivity index (χ1n) is 9.23. The highest BCUT2D eigenvalue weighted by molar-refractivity contribution is 5.95. The Kier molecular flexibility index (Phi) is 5.51. The van der Waals surface area contributed by atoms with Crippen molar-refractivity contribution in [3.8, 4) is 0 Å². The molecular formula is C19H29N3O2. The van der Waals surface area contributed by atoms with Crippen molar-refractivity contribution >= 4 is 5.91 Å². The molecule has 0 atom stereocenters. The number of aromatic nitrogens is 1. The molecule has 2 aliphatic rings. The van der Waals surface area contributed by atoms with E-state index >= 15 is 0 Å². The fraction of sp³-hybridized carbons (Fsp3) is 0.684. The summed E-state index contributed by atoms with van der Waals surface area (Å²) in [6, 6.07) is 3.84. The molecule has 132 valence electrons. The maximum absolute atomic E-state index is 12.4. The molecule has 1 saturated heterocycles. The van der Waals surface area contributed by atoms with E-state index in [1.165, 1.54) is 6.42 Å². The third kappa shape index (κ3) is 4.33. The number of pyridine rings is 1. The highest BCUT2D eigenvalue weighted by Crippen LogP contribution is 2.29. The third-order valence-corrected chi connectivity index (χ3v) is 5.48. The van der Waals surface area contributed by atoms with Gasteiger partial charge in [-0.25, -0.2) is 0 Å². The molecule has 0 aromatic carbocycles. The lowest BCUT2D eigenvalue weighted by Gasteiger charge is -2.40. The number of β-amino-alcohol motifs (C(OH)–C–C–N with tert-alkyl or cyclic N) is 1. The molecule has 0 spiro atoms. The fourth-order valence-corrected chi connectivity index (χ4v) is 4.01. The minimum absolute atomic E-state index is 0.0232. The molecule has 5 heteroatoms. The van der Waals surface area contributed by atoms with E-state index in [4.69, 9.17) is 0 Å². The van der Waals surface area contributed by atoms with E-state index in [0.29, 0.717) is 5.56 Å². The Hall–Kier alpha value is -1.46. The number of piperidine rings is 1. The molecular weight excluding hydrogens is 302 g/mol. The molecule has 0 radical (unpaired) electrons. The molecule has 1 amide bonds. The Bertz CT molecular complexity index is 561. The van der Waals surface area contributed by atoms with Gasteiger partial charge in [-0.3, -0.25) is 9.78 Å². The maximum Gasteiger partial charge on any atom is 0.253 e. The minimum atomic E-state index is -0.485. The molecule has 1 aromatic heterocycles. The second-order valence-electron chi connectivity index (χ2n) is 7.45. The van der Waals surface area contributed by atoms with E-state index in [-0.39, 0.29) is 11.9 Å². The predicted octanol–water partition coefficient (Wildman–Crippen LogP) is 2.28. The van der Waals surface area contributed by atoms with Crippen molar-refractivity contribution in [2.24, 2.45) is 0 Å². The predicted molar refractivity (Wildman–Crippen MR) is 93.9 cm³/mol. The molecule has 1 aliphatic heterocycles. The van der Waals surface area contributed by atoms with Crippen LogP contribution in [0.25, 0.3) is 0 Å². The minimum Gasteiger partial charge on any atom is -0.389 e. The number of hydrogen-bond donors (Lipinski definition) is 2. The third-order valence-electron chi connectivity index (χ3n) is 5.48. The molecule has 2 heterocycles. The van der Waals surface area contributed by atoms with E-state index in [1.807, 2.05) is 13.0 Å². The lowest BCUT2D eigenvalue weighted by Crippen LogP contribution is -2.50. The molecule has 3 rings (SSSR count). The second kappa shape index (κ2) is 7.62. The van der Waals surface area contributed by atoms with Gasteiger partial charge in [0.1, 0.15) is 0 Å². The summed E-state index contributed by atoms with van der Waals surface area (Å²) in [4.78, 5) is 18.9. The van der Waals surface area contributed by atoms with Crippen molar-refractivity contribution < 1.29 is 9.90 Å². The second-order valence-corrected chi connectivity index (χ2v) is 7.45. The van der Waals surface area contributed by atoms with Crippen LogP contribution in [0.2, 0.25) is 0 Å². The maximum atomic E-state index is 12.4. The summed E-state index contributed by atoms with van der Waals surface area (Å²) in [6.45, 7) is 4.54. The number of carbonyl (C=O) groups is 1. The molecule has 0 bridgehead atoms. The summed E-state index contributed by atoms with van der Waals surface area (Å²) in [5, 5.41) is 13.8. The van der Waals surface area contributed by atoms with E-state index < -0.39 is 5.60 Å². The van der Waals surface area contributed by atoms with Crippen molar-refractivity contribution in [3.05, 3.63) is 29.6 Å². The molecule has 0 unspecified atom stereocenters. The van der Waals surface area contributed by atoms with Crippen molar-refractivity contribution in [2.45, 2.75) is 63.5 Å². The highest BCUT2D eigenvalue weighted by atomic mass is 16.3. The topological polar surface area (TPSA) is 65.5 Å². The normalized spacial score (nSPS) is 22.2. The van der Waals surface area contributed by atoms with Crippen LogP contribution in [0.5, 0.6) is 0 Å². The zero-order chi connectivity index (χ0) is 17.0. The van der Waals surface area contributed by atoms with Crippen LogP contribution >= 0.6 is 0 Å². The van der Waals surface area contributed by atoms with Gasteiger partial charge in [-0.2, -0.15) is 0 Å². The van der Waals surface area contributed by atoms with Gasteiger partial charge in [0.05, 0.1) is 11.2 Å². The number of amides is 1. The number of aliphatic hydroxyl groups is 1. The van der Waals surface area contributed by atoms with Crippen molar-refractivity contribution in [2.75, 3.05) is 19.6 Å². The number of nitrogens with one attached hydrogen (secondary N) is 1. The monoisotopic (exact) mass is 331 g/mol. The summed E-state index contributed by atoms with van der Waals surface area (Å²) in [7, 11) is 0. The number of likely N-dealkylation sites (tertiary alicyclic amines) is 1. The van der Waals surface area contributed by atoms with Crippen molar-refractivity contribution in [3.63, 3.8) is 0 Å². The molecule has 1 saturated carbocycles.